The van der Waals surface area contributed by atoms with Crippen molar-refractivity contribution in [1.29, 1.82) is 0 Å². The standard InChI is InChI=1S/C28H39NO2/c1-20(2)19-24-10-9-21-7-5-6-8-26(21)27(24)22-11-13-25(14-12-22)29-17-15-23(16-18-29)28(30-3)31-4/h5-8,11-14,20,23-24,27-28H,9-10,15-19H2,1-4H3/t24-,27+/m1/s1. The molecule has 0 unspecified atom stereocenters. The van der Waals surface area contributed by atoms with Crippen molar-refractivity contribution >= 4 is 5.69 Å². The van der Waals surface area contributed by atoms with Crippen molar-refractivity contribution in [2.24, 2.45) is 17.8 Å². The van der Waals surface area contributed by atoms with Gasteiger partial charge in [0.25, 0.3) is 0 Å². The SMILES string of the molecule is COC(OC)C1CCN(c2ccc([C@@H]3c4ccccc4CC[C@@H]3CC(C)C)cc2)CC1. The van der Waals surface area contributed by atoms with Crippen molar-refractivity contribution in [2.75, 3.05) is 32.2 Å². The van der Waals surface area contributed by atoms with Crippen LogP contribution in [0, 0.1) is 17.8 Å². The molecular weight excluding hydrogens is 382 g/mol. The lowest BCUT2D eigenvalue weighted by molar-refractivity contribution is -0.141. The predicted octanol–water partition coefficient (Wildman–Crippen LogP) is 6.26. The third-order valence-corrected chi connectivity index (χ3v) is 7.43. The van der Waals surface area contributed by atoms with E-state index < -0.39 is 0 Å². The molecule has 3 heteroatoms. The van der Waals surface area contributed by atoms with Crippen LogP contribution in [0.3, 0.4) is 0 Å². The van der Waals surface area contributed by atoms with Crippen LogP contribution in [0.2, 0.25) is 0 Å². The first-order valence-corrected chi connectivity index (χ1v) is 12.1. The number of piperidine rings is 1. The molecule has 4 rings (SSSR count). The van der Waals surface area contributed by atoms with E-state index in [1.54, 1.807) is 25.3 Å². The van der Waals surface area contributed by atoms with Gasteiger partial charge in [-0.1, -0.05) is 50.2 Å². The Bertz CT molecular complexity index is 819. The first-order valence-electron chi connectivity index (χ1n) is 12.1. The van der Waals surface area contributed by atoms with Gasteiger partial charge in [-0.2, -0.15) is 0 Å². The number of anilines is 1. The Morgan fingerprint density at radius 2 is 1.58 bits per heavy atom. The van der Waals surface area contributed by atoms with Crippen molar-refractivity contribution < 1.29 is 9.47 Å². The fraction of sp³-hybridized carbons (Fsp3) is 0.571. The molecule has 0 amide bonds. The molecule has 0 spiro atoms. The van der Waals surface area contributed by atoms with Gasteiger partial charge in [0.15, 0.2) is 6.29 Å². The van der Waals surface area contributed by atoms with E-state index >= 15 is 0 Å². The average molecular weight is 422 g/mol. The predicted molar refractivity (Wildman–Crippen MR) is 129 cm³/mol. The molecule has 1 fully saturated rings. The molecule has 0 saturated carbocycles. The summed E-state index contributed by atoms with van der Waals surface area (Å²) in [5, 5.41) is 0. The van der Waals surface area contributed by atoms with Crippen LogP contribution in [0.4, 0.5) is 5.69 Å². The number of rotatable bonds is 7. The molecule has 1 saturated heterocycles. The first kappa shape index (κ1) is 22.4. The molecular formula is C28H39NO2. The number of aryl methyl sites for hydroxylation is 1. The summed E-state index contributed by atoms with van der Waals surface area (Å²) >= 11 is 0. The van der Waals surface area contributed by atoms with E-state index in [0.717, 1.165) is 37.8 Å². The summed E-state index contributed by atoms with van der Waals surface area (Å²) in [4.78, 5) is 2.52. The molecule has 1 aliphatic carbocycles. The quantitative estimate of drug-likeness (QED) is 0.492. The number of fused-ring (bicyclic) bond motifs is 1. The van der Waals surface area contributed by atoms with Crippen LogP contribution in [0.15, 0.2) is 48.5 Å². The van der Waals surface area contributed by atoms with E-state index in [2.05, 4.69) is 67.3 Å². The maximum absolute atomic E-state index is 5.49. The van der Waals surface area contributed by atoms with E-state index in [-0.39, 0.29) is 6.29 Å². The van der Waals surface area contributed by atoms with Gasteiger partial charge in [0.05, 0.1) is 0 Å². The van der Waals surface area contributed by atoms with Gasteiger partial charge in [0, 0.05) is 44.8 Å². The molecule has 1 heterocycles. The van der Waals surface area contributed by atoms with Crippen LogP contribution in [0.1, 0.15) is 62.1 Å². The lowest BCUT2D eigenvalue weighted by Gasteiger charge is -2.37. The van der Waals surface area contributed by atoms with Gasteiger partial charge in [-0.05, 0) is 72.8 Å². The number of hydrogen-bond acceptors (Lipinski definition) is 3. The van der Waals surface area contributed by atoms with Gasteiger partial charge in [0.2, 0.25) is 0 Å². The van der Waals surface area contributed by atoms with Crippen molar-refractivity contribution in [3.8, 4) is 0 Å². The minimum absolute atomic E-state index is 0.0752. The number of hydrogen-bond donors (Lipinski definition) is 0. The molecule has 2 aromatic carbocycles. The van der Waals surface area contributed by atoms with Crippen molar-refractivity contribution in [3.63, 3.8) is 0 Å². The van der Waals surface area contributed by atoms with Gasteiger partial charge in [0.1, 0.15) is 0 Å². The Labute approximate surface area is 188 Å². The van der Waals surface area contributed by atoms with Crippen molar-refractivity contribution in [3.05, 3.63) is 65.2 Å². The summed E-state index contributed by atoms with van der Waals surface area (Å²) in [6.07, 6.45) is 5.97. The van der Waals surface area contributed by atoms with Crippen molar-refractivity contribution in [1.82, 2.24) is 0 Å². The fourth-order valence-corrected chi connectivity index (χ4v) is 5.94. The third-order valence-electron chi connectivity index (χ3n) is 7.43. The summed E-state index contributed by atoms with van der Waals surface area (Å²) in [5.41, 5.74) is 5.93. The van der Waals surface area contributed by atoms with Crippen LogP contribution in [-0.2, 0) is 15.9 Å². The van der Waals surface area contributed by atoms with E-state index in [4.69, 9.17) is 9.47 Å². The van der Waals surface area contributed by atoms with E-state index in [1.807, 2.05) is 0 Å². The first-order chi connectivity index (χ1) is 15.1. The molecule has 0 radical (unpaired) electrons. The maximum atomic E-state index is 5.49. The summed E-state index contributed by atoms with van der Waals surface area (Å²) in [6, 6.07) is 18.6. The monoisotopic (exact) mass is 421 g/mol. The Kier molecular flexibility index (Phi) is 7.35. The molecule has 31 heavy (non-hydrogen) atoms. The smallest absolute Gasteiger partial charge is 0.159 e. The molecule has 2 aromatic rings. The van der Waals surface area contributed by atoms with Gasteiger partial charge in [-0.25, -0.2) is 0 Å². The number of benzene rings is 2. The highest BCUT2D eigenvalue weighted by Gasteiger charge is 2.31. The highest BCUT2D eigenvalue weighted by molar-refractivity contribution is 5.50. The van der Waals surface area contributed by atoms with Gasteiger partial charge >= 0.3 is 0 Å². The van der Waals surface area contributed by atoms with Crippen LogP contribution in [0.5, 0.6) is 0 Å². The lowest BCUT2D eigenvalue weighted by Crippen LogP contribution is -2.39. The highest BCUT2D eigenvalue weighted by atomic mass is 16.7. The third kappa shape index (κ3) is 4.99. The number of methoxy groups -OCH3 is 2. The summed E-state index contributed by atoms with van der Waals surface area (Å²) < 4.78 is 11.0. The fourth-order valence-electron chi connectivity index (χ4n) is 5.94. The molecule has 0 aromatic heterocycles. The minimum Gasteiger partial charge on any atom is -0.372 e. The van der Waals surface area contributed by atoms with Crippen LogP contribution >= 0.6 is 0 Å². The summed E-state index contributed by atoms with van der Waals surface area (Å²) in [7, 11) is 3.49. The molecule has 0 N–H and O–H groups in total. The van der Waals surface area contributed by atoms with Gasteiger partial charge in [-0.15, -0.1) is 0 Å². The Hall–Kier alpha value is -1.84. The van der Waals surface area contributed by atoms with Crippen LogP contribution in [-0.4, -0.2) is 33.6 Å². The molecule has 1 aliphatic heterocycles. The average Bonchev–Trinajstić information content (AvgIpc) is 2.80. The summed E-state index contributed by atoms with van der Waals surface area (Å²) in [6.45, 7) is 6.86. The zero-order valence-corrected chi connectivity index (χ0v) is 19.7. The lowest BCUT2D eigenvalue weighted by atomic mass is 9.69. The van der Waals surface area contributed by atoms with E-state index in [0.29, 0.717) is 11.8 Å². The summed E-state index contributed by atoms with van der Waals surface area (Å²) in [5.74, 6) is 2.48. The topological polar surface area (TPSA) is 21.7 Å². The largest absolute Gasteiger partial charge is 0.372 e. The molecule has 2 aliphatic rings. The highest BCUT2D eigenvalue weighted by Crippen LogP contribution is 2.44. The van der Waals surface area contributed by atoms with Gasteiger partial charge in [-0.3, -0.25) is 0 Å². The Morgan fingerprint density at radius 3 is 2.23 bits per heavy atom. The number of nitrogens with zero attached hydrogens (tertiary/aromatic N) is 1. The minimum atomic E-state index is -0.0752. The zero-order chi connectivity index (χ0) is 21.8. The van der Waals surface area contributed by atoms with E-state index in [1.165, 1.54) is 30.5 Å². The van der Waals surface area contributed by atoms with Gasteiger partial charge < -0.3 is 14.4 Å². The van der Waals surface area contributed by atoms with E-state index in [9.17, 15) is 0 Å². The Morgan fingerprint density at radius 1 is 0.903 bits per heavy atom. The molecule has 168 valence electrons. The second-order valence-corrected chi connectivity index (χ2v) is 9.86. The maximum Gasteiger partial charge on any atom is 0.159 e. The second kappa shape index (κ2) is 10.2. The molecule has 0 bridgehead atoms. The van der Waals surface area contributed by atoms with Crippen molar-refractivity contribution in [2.45, 2.75) is 58.2 Å². The molecule has 2 atom stereocenters. The van der Waals surface area contributed by atoms with Crippen LogP contribution < -0.4 is 4.90 Å². The second-order valence-electron chi connectivity index (χ2n) is 9.86. The Balaban J connectivity index is 1.50. The number of ether oxygens (including phenoxy) is 2. The van der Waals surface area contributed by atoms with Crippen LogP contribution in [0.25, 0.3) is 0 Å². The zero-order valence-electron chi connectivity index (χ0n) is 19.7. The normalized spacial score (nSPS) is 22.2. The molecule has 3 nitrogen and oxygen atoms in total.